The second kappa shape index (κ2) is 7.30. The second-order valence-electron chi connectivity index (χ2n) is 8.59. The van der Waals surface area contributed by atoms with Gasteiger partial charge in [-0.05, 0) is 49.4 Å². The summed E-state index contributed by atoms with van der Waals surface area (Å²) in [7, 11) is 0. The Morgan fingerprint density at radius 2 is 1.93 bits per heavy atom. The van der Waals surface area contributed by atoms with E-state index in [-0.39, 0.29) is 5.41 Å². The lowest BCUT2D eigenvalue weighted by Gasteiger charge is -2.48. The molecule has 5 nitrogen and oxygen atoms in total. The van der Waals surface area contributed by atoms with Crippen LogP contribution in [0.2, 0.25) is 0 Å². The quantitative estimate of drug-likeness (QED) is 0.672. The molecule has 2 aromatic heterocycles. The maximum Gasteiger partial charge on any atom is 0.147 e. The van der Waals surface area contributed by atoms with E-state index in [1.807, 2.05) is 13.1 Å². The fourth-order valence-electron chi connectivity index (χ4n) is 5.09. The van der Waals surface area contributed by atoms with Gasteiger partial charge in [-0.15, -0.1) is 0 Å². The Morgan fingerprint density at radius 3 is 2.66 bits per heavy atom. The van der Waals surface area contributed by atoms with E-state index in [1.54, 1.807) is 18.0 Å². The number of benzene rings is 1. The Labute approximate surface area is 172 Å². The number of anilines is 1. The van der Waals surface area contributed by atoms with Crippen molar-refractivity contribution in [1.82, 2.24) is 14.9 Å². The highest BCUT2D eigenvalue weighted by atomic mass is 16.3. The van der Waals surface area contributed by atoms with E-state index in [0.29, 0.717) is 0 Å². The molecule has 5 rings (SSSR count). The van der Waals surface area contributed by atoms with E-state index in [2.05, 4.69) is 57.0 Å². The van der Waals surface area contributed by atoms with Crippen molar-refractivity contribution >= 4 is 5.82 Å². The maximum atomic E-state index is 5.99. The van der Waals surface area contributed by atoms with Crippen LogP contribution in [0.25, 0.3) is 0 Å². The zero-order valence-electron chi connectivity index (χ0n) is 17.3. The summed E-state index contributed by atoms with van der Waals surface area (Å²) in [6.07, 6.45) is 7.66. The zero-order valence-corrected chi connectivity index (χ0v) is 17.3. The molecule has 0 N–H and O–H groups in total. The number of aromatic nitrogens is 2. The van der Waals surface area contributed by atoms with Crippen LogP contribution in [0.15, 0.2) is 53.3 Å². The lowest BCUT2D eigenvalue weighted by atomic mass is 9.69. The Balaban J connectivity index is 1.39. The average Bonchev–Trinajstić information content (AvgIpc) is 3.06. The fraction of sp³-hybridized carbons (Fsp3) is 0.417. The van der Waals surface area contributed by atoms with Gasteiger partial charge in [0.1, 0.15) is 17.3 Å². The van der Waals surface area contributed by atoms with Crippen molar-refractivity contribution in [2.24, 2.45) is 0 Å². The van der Waals surface area contributed by atoms with E-state index in [1.165, 1.54) is 11.1 Å². The second-order valence-corrected chi connectivity index (χ2v) is 8.59. The van der Waals surface area contributed by atoms with Gasteiger partial charge in [-0.3, -0.25) is 9.88 Å². The lowest BCUT2D eigenvalue weighted by Crippen LogP contribution is -2.52. The van der Waals surface area contributed by atoms with Gasteiger partial charge >= 0.3 is 0 Å². The van der Waals surface area contributed by atoms with E-state index in [4.69, 9.17) is 4.42 Å². The highest BCUT2D eigenvalue weighted by molar-refractivity contribution is 5.42. The van der Waals surface area contributed by atoms with Crippen molar-refractivity contribution in [3.63, 3.8) is 0 Å². The third-order valence-electron chi connectivity index (χ3n) is 6.70. The zero-order chi connectivity index (χ0) is 19.8. The van der Waals surface area contributed by atoms with Crippen LogP contribution in [-0.4, -0.2) is 34.5 Å². The van der Waals surface area contributed by atoms with Crippen molar-refractivity contribution in [2.45, 2.75) is 45.2 Å². The van der Waals surface area contributed by atoms with Crippen LogP contribution >= 0.6 is 0 Å². The summed E-state index contributed by atoms with van der Waals surface area (Å²) in [4.78, 5) is 13.7. The Kier molecular flexibility index (Phi) is 4.63. The molecule has 0 aliphatic carbocycles. The van der Waals surface area contributed by atoms with Gasteiger partial charge in [0.25, 0.3) is 0 Å². The van der Waals surface area contributed by atoms with E-state index < -0.39 is 0 Å². The summed E-state index contributed by atoms with van der Waals surface area (Å²) in [5.74, 6) is 3.10. The third-order valence-corrected chi connectivity index (χ3v) is 6.70. The standard InChI is InChI=1S/C24H28N4O/c1-18-13-21(29-19(18)2)16-27-15-20-5-3-4-6-22(20)24(17-27)7-11-28(12-8-24)23-14-25-9-10-26-23/h3-6,9-10,13-14H,7-8,11-12,15-17H2,1-2H3. The summed E-state index contributed by atoms with van der Waals surface area (Å²) in [6, 6.07) is 11.2. The van der Waals surface area contributed by atoms with Gasteiger partial charge < -0.3 is 9.32 Å². The predicted molar refractivity (Wildman–Crippen MR) is 114 cm³/mol. The van der Waals surface area contributed by atoms with Crippen molar-refractivity contribution in [3.8, 4) is 0 Å². The number of piperidine rings is 1. The molecule has 150 valence electrons. The van der Waals surface area contributed by atoms with Gasteiger partial charge in [-0.25, -0.2) is 4.98 Å². The molecule has 1 saturated heterocycles. The Hall–Kier alpha value is -2.66. The van der Waals surface area contributed by atoms with Gasteiger partial charge in [-0.1, -0.05) is 24.3 Å². The van der Waals surface area contributed by atoms with Crippen LogP contribution in [0.4, 0.5) is 5.82 Å². The number of aryl methyl sites for hydroxylation is 2. The summed E-state index contributed by atoms with van der Waals surface area (Å²) >= 11 is 0. The number of hydrogen-bond donors (Lipinski definition) is 0. The maximum absolute atomic E-state index is 5.99. The average molecular weight is 389 g/mol. The van der Waals surface area contributed by atoms with Crippen molar-refractivity contribution < 1.29 is 4.42 Å². The Bertz CT molecular complexity index is 970. The first kappa shape index (κ1) is 18.4. The molecule has 0 atom stereocenters. The van der Waals surface area contributed by atoms with Crippen LogP contribution in [-0.2, 0) is 18.5 Å². The third kappa shape index (κ3) is 3.44. The summed E-state index contributed by atoms with van der Waals surface area (Å²) in [5, 5.41) is 0. The van der Waals surface area contributed by atoms with Gasteiger partial charge in [0, 0.05) is 44.0 Å². The van der Waals surface area contributed by atoms with Gasteiger partial charge in [-0.2, -0.15) is 0 Å². The minimum atomic E-state index is 0.199. The van der Waals surface area contributed by atoms with E-state index >= 15 is 0 Å². The summed E-state index contributed by atoms with van der Waals surface area (Å²) < 4.78 is 5.99. The molecule has 3 aromatic rings. The fourth-order valence-corrected chi connectivity index (χ4v) is 5.09. The lowest BCUT2D eigenvalue weighted by molar-refractivity contribution is 0.137. The first-order valence-corrected chi connectivity index (χ1v) is 10.5. The van der Waals surface area contributed by atoms with Crippen LogP contribution in [0.5, 0.6) is 0 Å². The van der Waals surface area contributed by atoms with Crippen molar-refractivity contribution in [2.75, 3.05) is 24.5 Å². The molecule has 1 aromatic carbocycles. The highest BCUT2D eigenvalue weighted by Gasteiger charge is 2.42. The number of rotatable bonds is 3. The monoisotopic (exact) mass is 388 g/mol. The SMILES string of the molecule is Cc1cc(CN2Cc3ccccc3C3(CCN(c4cnccn4)CC3)C2)oc1C. The van der Waals surface area contributed by atoms with Crippen LogP contribution < -0.4 is 4.90 Å². The van der Waals surface area contributed by atoms with Gasteiger partial charge in [0.05, 0.1) is 12.7 Å². The van der Waals surface area contributed by atoms with E-state index in [9.17, 15) is 0 Å². The molecule has 0 radical (unpaired) electrons. The van der Waals surface area contributed by atoms with Crippen molar-refractivity contribution in [1.29, 1.82) is 0 Å². The molecule has 0 unspecified atom stereocenters. The molecular formula is C24H28N4O. The van der Waals surface area contributed by atoms with Crippen LogP contribution in [0.3, 0.4) is 0 Å². The smallest absolute Gasteiger partial charge is 0.147 e. The molecule has 0 saturated carbocycles. The molecule has 2 aliphatic heterocycles. The number of hydrogen-bond acceptors (Lipinski definition) is 5. The van der Waals surface area contributed by atoms with Crippen molar-refractivity contribution in [3.05, 3.63) is 77.1 Å². The molecule has 0 amide bonds. The molecule has 1 spiro atoms. The molecule has 5 heteroatoms. The first-order chi connectivity index (χ1) is 14.1. The number of fused-ring (bicyclic) bond motifs is 2. The summed E-state index contributed by atoms with van der Waals surface area (Å²) in [5.41, 5.74) is 4.45. The Morgan fingerprint density at radius 1 is 1.10 bits per heavy atom. The molecule has 0 bridgehead atoms. The normalized spacial score (nSPS) is 18.8. The molecule has 29 heavy (non-hydrogen) atoms. The highest BCUT2D eigenvalue weighted by Crippen LogP contribution is 2.42. The van der Waals surface area contributed by atoms with Gasteiger partial charge in [0.15, 0.2) is 0 Å². The molecule has 4 heterocycles. The molecule has 2 aliphatic rings. The number of nitrogens with zero attached hydrogens (tertiary/aromatic N) is 4. The minimum absolute atomic E-state index is 0.199. The van der Waals surface area contributed by atoms with Crippen LogP contribution in [0, 0.1) is 13.8 Å². The van der Waals surface area contributed by atoms with E-state index in [0.717, 1.165) is 62.9 Å². The topological polar surface area (TPSA) is 45.4 Å². The summed E-state index contributed by atoms with van der Waals surface area (Å²) in [6.45, 7) is 9.14. The minimum Gasteiger partial charge on any atom is -0.465 e. The van der Waals surface area contributed by atoms with Crippen LogP contribution in [0.1, 0.15) is 41.1 Å². The molecule has 1 fully saturated rings. The number of furan rings is 1. The predicted octanol–water partition coefficient (Wildman–Crippen LogP) is 4.24. The largest absolute Gasteiger partial charge is 0.465 e. The first-order valence-electron chi connectivity index (χ1n) is 10.5. The van der Waals surface area contributed by atoms with Gasteiger partial charge in [0.2, 0.25) is 0 Å². The molecular weight excluding hydrogens is 360 g/mol.